The molecule has 10 heteroatoms. The molecular weight excluding hydrogens is 422 g/mol. The molecule has 31 heavy (non-hydrogen) atoms. The summed E-state index contributed by atoms with van der Waals surface area (Å²) in [5, 5.41) is 11.8. The Morgan fingerprint density at radius 2 is 2.16 bits per heavy atom. The summed E-state index contributed by atoms with van der Waals surface area (Å²) in [6.45, 7) is 3.76. The third-order valence-corrected chi connectivity index (χ3v) is 5.23. The van der Waals surface area contributed by atoms with Gasteiger partial charge in [-0.05, 0) is 37.3 Å². The Labute approximate surface area is 184 Å². The zero-order valence-electron chi connectivity index (χ0n) is 17.2. The molecule has 1 aliphatic heterocycles. The van der Waals surface area contributed by atoms with Crippen LogP contribution in [0.1, 0.15) is 35.6 Å². The van der Waals surface area contributed by atoms with E-state index < -0.39 is 0 Å². The van der Waals surface area contributed by atoms with Gasteiger partial charge in [0.2, 0.25) is 11.8 Å². The molecule has 1 amide bonds. The zero-order chi connectivity index (χ0) is 21.6. The van der Waals surface area contributed by atoms with Crippen molar-refractivity contribution in [3.05, 3.63) is 58.5 Å². The highest BCUT2D eigenvalue weighted by Gasteiger charge is 2.27. The SMILES string of the molecule is Cc1noc(CCC(=O)N2CCOC(c3cc(CCOc4ccc(Cl)cc4)[nH]n3)C2)n1. The van der Waals surface area contributed by atoms with E-state index in [-0.39, 0.29) is 12.0 Å². The number of rotatable bonds is 8. The van der Waals surface area contributed by atoms with Crippen LogP contribution in [0.15, 0.2) is 34.9 Å². The molecule has 0 spiro atoms. The van der Waals surface area contributed by atoms with Crippen molar-refractivity contribution in [2.24, 2.45) is 0 Å². The van der Waals surface area contributed by atoms with Crippen LogP contribution in [0.25, 0.3) is 0 Å². The molecule has 0 saturated carbocycles. The van der Waals surface area contributed by atoms with Crippen molar-refractivity contribution in [2.75, 3.05) is 26.3 Å². The van der Waals surface area contributed by atoms with Crippen LogP contribution in [0.5, 0.6) is 5.75 Å². The summed E-state index contributed by atoms with van der Waals surface area (Å²) < 4.78 is 16.6. The second-order valence-corrected chi connectivity index (χ2v) is 7.74. The number of carbonyl (C=O) groups is 1. The Hall–Kier alpha value is -2.91. The van der Waals surface area contributed by atoms with Gasteiger partial charge in [-0.2, -0.15) is 10.1 Å². The molecule has 0 aliphatic carbocycles. The molecule has 0 bridgehead atoms. The van der Waals surface area contributed by atoms with Gasteiger partial charge in [0.15, 0.2) is 5.82 Å². The molecule has 4 rings (SSSR count). The van der Waals surface area contributed by atoms with E-state index in [1.807, 2.05) is 18.2 Å². The number of aromatic nitrogens is 4. The van der Waals surface area contributed by atoms with Gasteiger partial charge in [-0.25, -0.2) is 0 Å². The summed E-state index contributed by atoms with van der Waals surface area (Å²) in [6.07, 6.45) is 1.17. The Bertz CT molecular complexity index is 1000. The minimum Gasteiger partial charge on any atom is -0.493 e. The number of H-pyrrole nitrogens is 1. The number of benzene rings is 1. The second-order valence-electron chi connectivity index (χ2n) is 7.30. The number of carbonyl (C=O) groups excluding carboxylic acids is 1. The number of ether oxygens (including phenoxy) is 2. The van der Waals surface area contributed by atoms with Crippen LogP contribution in [0.3, 0.4) is 0 Å². The maximum atomic E-state index is 12.6. The third-order valence-electron chi connectivity index (χ3n) is 4.98. The van der Waals surface area contributed by atoms with E-state index in [9.17, 15) is 4.79 Å². The predicted molar refractivity (Wildman–Crippen MR) is 112 cm³/mol. The first-order valence-electron chi connectivity index (χ1n) is 10.2. The molecule has 0 radical (unpaired) electrons. The standard InChI is InChI=1S/C21H24ClN5O4/c1-14-23-20(31-26-14)6-7-21(28)27-9-11-30-19(13-27)18-12-16(24-25-18)8-10-29-17-4-2-15(22)3-5-17/h2-5,12,19H,6-11,13H2,1H3,(H,24,25). The van der Waals surface area contributed by atoms with E-state index in [1.54, 1.807) is 24.0 Å². The van der Waals surface area contributed by atoms with Crippen LogP contribution in [0.2, 0.25) is 5.02 Å². The molecule has 1 aliphatic rings. The number of aromatic amines is 1. The van der Waals surface area contributed by atoms with Crippen molar-refractivity contribution in [2.45, 2.75) is 32.3 Å². The van der Waals surface area contributed by atoms with Crippen LogP contribution < -0.4 is 4.74 Å². The number of nitrogens with one attached hydrogen (secondary N) is 1. The molecule has 1 aromatic carbocycles. The van der Waals surface area contributed by atoms with Gasteiger partial charge in [-0.15, -0.1) is 0 Å². The second kappa shape index (κ2) is 9.93. The average molecular weight is 446 g/mol. The molecule has 2 aromatic heterocycles. The molecule has 164 valence electrons. The first-order valence-corrected chi connectivity index (χ1v) is 10.6. The highest BCUT2D eigenvalue weighted by atomic mass is 35.5. The van der Waals surface area contributed by atoms with Gasteiger partial charge in [0.1, 0.15) is 11.9 Å². The first-order chi connectivity index (χ1) is 15.1. The molecule has 3 heterocycles. The van der Waals surface area contributed by atoms with Crippen LogP contribution in [-0.2, 0) is 22.4 Å². The van der Waals surface area contributed by atoms with Gasteiger partial charge in [-0.1, -0.05) is 16.8 Å². The minimum absolute atomic E-state index is 0.0382. The van der Waals surface area contributed by atoms with E-state index in [1.165, 1.54) is 0 Å². The van der Waals surface area contributed by atoms with Crippen LogP contribution in [-0.4, -0.2) is 57.4 Å². The molecule has 1 fully saturated rings. The van der Waals surface area contributed by atoms with Gasteiger partial charge in [0.25, 0.3) is 0 Å². The topological polar surface area (TPSA) is 106 Å². The number of aryl methyl sites for hydroxylation is 2. The summed E-state index contributed by atoms with van der Waals surface area (Å²) >= 11 is 5.88. The Kier molecular flexibility index (Phi) is 6.83. The minimum atomic E-state index is -0.259. The van der Waals surface area contributed by atoms with E-state index in [0.29, 0.717) is 62.3 Å². The summed E-state index contributed by atoms with van der Waals surface area (Å²) in [4.78, 5) is 18.5. The molecular formula is C21H24ClN5O4. The lowest BCUT2D eigenvalue weighted by atomic mass is 10.1. The lowest BCUT2D eigenvalue weighted by Gasteiger charge is -2.32. The van der Waals surface area contributed by atoms with Crippen LogP contribution in [0.4, 0.5) is 0 Å². The van der Waals surface area contributed by atoms with Crippen molar-refractivity contribution < 1.29 is 18.8 Å². The normalized spacial score (nSPS) is 16.5. The van der Waals surface area contributed by atoms with Crippen molar-refractivity contribution in [3.8, 4) is 5.75 Å². The van der Waals surface area contributed by atoms with E-state index in [0.717, 1.165) is 17.1 Å². The Morgan fingerprint density at radius 1 is 1.32 bits per heavy atom. The summed E-state index contributed by atoms with van der Waals surface area (Å²) in [7, 11) is 0. The Morgan fingerprint density at radius 3 is 2.94 bits per heavy atom. The van der Waals surface area contributed by atoms with Crippen LogP contribution in [0, 0.1) is 6.92 Å². The summed E-state index contributed by atoms with van der Waals surface area (Å²) in [5.74, 6) is 1.86. The fourth-order valence-electron chi connectivity index (χ4n) is 3.35. The fourth-order valence-corrected chi connectivity index (χ4v) is 3.48. The number of amides is 1. The Balaban J connectivity index is 1.25. The highest BCUT2D eigenvalue weighted by Crippen LogP contribution is 2.22. The average Bonchev–Trinajstić information content (AvgIpc) is 3.42. The number of halogens is 1. The number of nitrogens with zero attached hydrogens (tertiary/aromatic N) is 4. The van der Waals surface area contributed by atoms with Gasteiger partial charge in [0.05, 0.1) is 25.5 Å². The third kappa shape index (κ3) is 5.83. The largest absolute Gasteiger partial charge is 0.493 e. The lowest BCUT2D eigenvalue weighted by molar-refractivity contribution is -0.139. The zero-order valence-corrected chi connectivity index (χ0v) is 18.0. The maximum absolute atomic E-state index is 12.6. The molecule has 1 saturated heterocycles. The van der Waals surface area contributed by atoms with E-state index in [2.05, 4.69) is 20.3 Å². The lowest BCUT2D eigenvalue weighted by Crippen LogP contribution is -2.42. The molecule has 9 nitrogen and oxygen atoms in total. The molecule has 1 atom stereocenters. The monoisotopic (exact) mass is 445 g/mol. The smallest absolute Gasteiger partial charge is 0.227 e. The maximum Gasteiger partial charge on any atom is 0.227 e. The number of hydrogen-bond donors (Lipinski definition) is 1. The van der Waals surface area contributed by atoms with Crippen molar-refractivity contribution in [1.29, 1.82) is 0 Å². The van der Waals surface area contributed by atoms with E-state index in [4.69, 9.17) is 25.6 Å². The van der Waals surface area contributed by atoms with Crippen molar-refractivity contribution >= 4 is 17.5 Å². The highest BCUT2D eigenvalue weighted by molar-refractivity contribution is 6.30. The van der Waals surface area contributed by atoms with Crippen molar-refractivity contribution in [3.63, 3.8) is 0 Å². The quantitative estimate of drug-likeness (QED) is 0.568. The van der Waals surface area contributed by atoms with Gasteiger partial charge in [-0.3, -0.25) is 9.89 Å². The predicted octanol–water partition coefficient (Wildman–Crippen LogP) is 2.91. The van der Waals surface area contributed by atoms with Crippen LogP contribution >= 0.6 is 11.6 Å². The molecule has 3 aromatic rings. The van der Waals surface area contributed by atoms with Gasteiger partial charge >= 0.3 is 0 Å². The molecule has 1 N–H and O–H groups in total. The summed E-state index contributed by atoms with van der Waals surface area (Å²) in [6, 6.07) is 9.22. The number of hydrogen-bond acceptors (Lipinski definition) is 7. The van der Waals surface area contributed by atoms with E-state index >= 15 is 0 Å². The van der Waals surface area contributed by atoms with Gasteiger partial charge in [0, 0.05) is 36.5 Å². The fraction of sp³-hybridized carbons (Fsp3) is 0.429. The first kappa shape index (κ1) is 21.3. The molecule has 1 unspecified atom stereocenters. The summed E-state index contributed by atoms with van der Waals surface area (Å²) in [5.41, 5.74) is 1.73. The van der Waals surface area contributed by atoms with Gasteiger partial charge < -0.3 is 18.9 Å². The van der Waals surface area contributed by atoms with Crippen molar-refractivity contribution in [1.82, 2.24) is 25.2 Å². The number of morpholine rings is 1.